The molecule has 0 spiro atoms. The van der Waals surface area contributed by atoms with E-state index >= 15 is 0 Å². The summed E-state index contributed by atoms with van der Waals surface area (Å²) in [4.78, 5) is 28.1. The Morgan fingerprint density at radius 1 is 1.03 bits per heavy atom. The van der Waals surface area contributed by atoms with Gasteiger partial charge in [0.25, 0.3) is 5.91 Å². The molecule has 1 N–H and O–H groups in total. The van der Waals surface area contributed by atoms with Gasteiger partial charge in [-0.2, -0.15) is 0 Å². The lowest BCUT2D eigenvalue weighted by Crippen LogP contribution is -2.42. The van der Waals surface area contributed by atoms with E-state index in [1.54, 1.807) is 13.8 Å². The second-order valence-electron chi connectivity index (χ2n) is 10.7. The Morgan fingerprint density at radius 2 is 1.73 bits per heavy atom. The maximum absolute atomic E-state index is 14.7. The molecule has 4 nitrogen and oxygen atoms in total. The van der Waals surface area contributed by atoms with Crippen molar-refractivity contribution in [2.24, 2.45) is 5.92 Å². The first-order valence-corrected chi connectivity index (χ1v) is 12.7. The molecule has 0 bridgehead atoms. The fraction of sp³-hybridized carbons (Fsp3) is 0.323. The molecule has 37 heavy (non-hydrogen) atoms. The van der Waals surface area contributed by atoms with E-state index < -0.39 is 23.0 Å². The van der Waals surface area contributed by atoms with Crippen molar-refractivity contribution in [2.75, 3.05) is 0 Å². The molecule has 1 unspecified atom stereocenters. The lowest BCUT2D eigenvalue weighted by Gasteiger charge is -2.38. The number of ketones is 1. The van der Waals surface area contributed by atoms with Gasteiger partial charge in [-0.25, -0.2) is 8.78 Å². The molecule has 0 radical (unpaired) electrons. The third kappa shape index (κ3) is 4.85. The number of carbonyl (C=O) groups excluding carboxylic acids is 2. The summed E-state index contributed by atoms with van der Waals surface area (Å²) in [5.74, 6) is -1.96. The second kappa shape index (κ2) is 9.66. The molecule has 3 aromatic carbocycles. The Balaban J connectivity index is 1.25. The molecule has 1 amide bonds. The van der Waals surface area contributed by atoms with Crippen LogP contribution in [0.5, 0.6) is 0 Å². The summed E-state index contributed by atoms with van der Waals surface area (Å²) in [6.45, 7) is 4.62. The third-order valence-corrected chi connectivity index (χ3v) is 7.83. The van der Waals surface area contributed by atoms with Crippen molar-refractivity contribution in [3.63, 3.8) is 0 Å². The smallest absolute Gasteiger partial charge is 0.254 e. The summed E-state index contributed by atoms with van der Waals surface area (Å²) in [5.41, 5.74) is 4.09. The Kier molecular flexibility index (Phi) is 6.52. The van der Waals surface area contributed by atoms with Crippen molar-refractivity contribution in [3.8, 4) is 0 Å². The summed E-state index contributed by atoms with van der Waals surface area (Å²) in [7, 11) is 0. The molecule has 1 heterocycles. The summed E-state index contributed by atoms with van der Waals surface area (Å²) in [6, 6.07) is 17.7. The van der Waals surface area contributed by atoms with E-state index in [1.807, 2.05) is 53.4 Å². The molecule has 1 aliphatic carbocycles. The molecule has 1 saturated carbocycles. The molecule has 1 fully saturated rings. The Hall–Kier alpha value is -3.67. The average molecular weight is 501 g/mol. The van der Waals surface area contributed by atoms with Crippen LogP contribution < -0.4 is 0 Å². The largest absolute Gasteiger partial charge is 0.330 e. The fourth-order valence-electron chi connectivity index (χ4n) is 6.12. The van der Waals surface area contributed by atoms with Gasteiger partial charge in [0.05, 0.1) is 5.92 Å². The highest BCUT2D eigenvalue weighted by Crippen LogP contribution is 2.42. The predicted molar refractivity (Wildman–Crippen MR) is 139 cm³/mol. The van der Waals surface area contributed by atoms with E-state index in [2.05, 4.69) is 0 Å². The molecule has 3 aromatic rings. The zero-order valence-corrected chi connectivity index (χ0v) is 21.1. The Labute approximate surface area is 215 Å². The van der Waals surface area contributed by atoms with Gasteiger partial charge in [0, 0.05) is 42.3 Å². The van der Waals surface area contributed by atoms with Gasteiger partial charge >= 0.3 is 0 Å². The number of hydrogen-bond donors (Lipinski definition) is 1. The maximum atomic E-state index is 14.7. The van der Waals surface area contributed by atoms with Crippen LogP contribution in [0.3, 0.4) is 0 Å². The summed E-state index contributed by atoms with van der Waals surface area (Å²) in [5, 5.41) is 8.64. The monoisotopic (exact) mass is 500 g/mol. The van der Waals surface area contributed by atoms with Gasteiger partial charge < -0.3 is 10.3 Å². The zero-order valence-electron chi connectivity index (χ0n) is 21.1. The molecule has 0 saturated heterocycles. The minimum atomic E-state index is -0.869. The van der Waals surface area contributed by atoms with E-state index in [0.29, 0.717) is 42.6 Å². The topological polar surface area (TPSA) is 61.2 Å². The summed E-state index contributed by atoms with van der Waals surface area (Å²) < 4.78 is 28.3. The Bertz CT molecular complexity index is 1350. The van der Waals surface area contributed by atoms with Crippen LogP contribution in [0, 0.1) is 29.9 Å². The number of halogens is 2. The minimum absolute atomic E-state index is 0.0213. The summed E-state index contributed by atoms with van der Waals surface area (Å²) >= 11 is 0. The number of nitrogens with one attached hydrogen (secondary N) is 1. The number of hydrogen-bond acceptors (Lipinski definition) is 3. The lowest BCUT2D eigenvalue weighted by atomic mass is 9.64. The molecule has 2 aliphatic rings. The average Bonchev–Trinajstić information content (AvgIpc) is 3.26. The number of Topliss-reactive ketones (excluding diaryl/α,β-unsaturated/α-hetero) is 1. The van der Waals surface area contributed by atoms with Crippen LogP contribution in [0.1, 0.15) is 64.4 Å². The van der Waals surface area contributed by atoms with Crippen LogP contribution in [0.2, 0.25) is 0 Å². The predicted octanol–water partition coefficient (Wildman–Crippen LogP) is 6.32. The molecule has 1 aliphatic heterocycles. The molecule has 190 valence electrons. The van der Waals surface area contributed by atoms with Gasteiger partial charge in [-0.05, 0) is 72.2 Å². The zero-order chi connectivity index (χ0) is 26.3. The van der Waals surface area contributed by atoms with Gasteiger partial charge in [0.2, 0.25) is 0 Å². The molecule has 0 aromatic heterocycles. The summed E-state index contributed by atoms with van der Waals surface area (Å²) in [6.07, 6.45) is 1.38. The highest BCUT2D eigenvalue weighted by atomic mass is 19.1. The van der Waals surface area contributed by atoms with Gasteiger partial charge in [-0.3, -0.25) is 9.59 Å². The number of amides is 1. The first kappa shape index (κ1) is 25.0. The van der Waals surface area contributed by atoms with E-state index in [0.717, 1.165) is 11.6 Å². The van der Waals surface area contributed by atoms with E-state index in [9.17, 15) is 18.4 Å². The van der Waals surface area contributed by atoms with Crippen LogP contribution in [0.15, 0.2) is 60.7 Å². The highest BCUT2D eigenvalue weighted by Gasteiger charge is 2.43. The number of aryl methyl sites for hydroxylation is 2. The first-order chi connectivity index (χ1) is 17.6. The molecular weight excluding hydrogens is 470 g/mol. The van der Waals surface area contributed by atoms with Crippen LogP contribution in [-0.4, -0.2) is 22.3 Å². The van der Waals surface area contributed by atoms with Crippen molar-refractivity contribution < 1.29 is 18.4 Å². The Morgan fingerprint density at radius 3 is 2.38 bits per heavy atom. The maximum Gasteiger partial charge on any atom is 0.254 e. The molecular formula is C31H30F2N2O2. The molecule has 2 atom stereocenters. The first-order valence-electron chi connectivity index (χ1n) is 12.7. The number of carbonyl (C=O) groups is 2. The number of nitrogens with zero attached hydrogens (tertiary/aromatic N) is 1. The normalized spacial score (nSPS) is 21.3. The van der Waals surface area contributed by atoms with E-state index in [4.69, 9.17) is 5.41 Å². The van der Waals surface area contributed by atoms with Crippen LogP contribution in [0.4, 0.5) is 8.78 Å². The standard InChI is InChI=1S/C31H30F2N2O2/c1-19-12-24(32)14-26(33)29(19)31(2)15-27(34)25(28(36)16-31)11-10-20-6-5-9-21(13-20)30(37)35-17-22-7-3-4-8-23(22)18-35/h3-9,12-14,25,34H,10-11,15-18H2,1-2H3/t25?,31-/m0/s1. The van der Waals surface area contributed by atoms with Crippen molar-refractivity contribution >= 4 is 17.4 Å². The quantitative estimate of drug-likeness (QED) is 0.446. The van der Waals surface area contributed by atoms with Crippen molar-refractivity contribution in [1.82, 2.24) is 4.90 Å². The van der Waals surface area contributed by atoms with Gasteiger partial charge in [0.15, 0.2) is 0 Å². The third-order valence-electron chi connectivity index (χ3n) is 7.83. The fourth-order valence-corrected chi connectivity index (χ4v) is 6.12. The SMILES string of the molecule is Cc1cc(F)cc(F)c1[C@@]1(C)CC(=N)C(CCc2cccc(C(=O)N3Cc4ccccc4C3)c2)C(=O)C1. The second-order valence-corrected chi connectivity index (χ2v) is 10.7. The highest BCUT2D eigenvalue weighted by molar-refractivity contribution is 6.07. The van der Waals surface area contributed by atoms with Gasteiger partial charge in [-0.15, -0.1) is 0 Å². The molecule has 6 heteroatoms. The molecule has 5 rings (SSSR count). The van der Waals surface area contributed by atoms with Gasteiger partial charge in [0.1, 0.15) is 17.4 Å². The van der Waals surface area contributed by atoms with Crippen LogP contribution >= 0.6 is 0 Å². The van der Waals surface area contributed by atoms with Crippen LogP contribution in [-0.2, 0) is 29.7 Å². The van der Waals surface area contributed by atoms with Gasteiger partial charge in [-0.1, -0.05) is 43.3 Å². The van der Waals surface area contributed by atoms with E-state index in [-0.39, 0.29) is 30.2 Å². The van der Waals surface area contributed by atoms with E-state index in [1.165, 1.54) is 17.2 Å². The number of benzene rings is 3. The lowest BCUT2D eigenvalue weighted by molar-refractivity contribution is -0.123. The van der Waals surface area contributed by atoms with Crippen molar-refractivity contribution in [3.05, 3.63) is 106 Å². The van der Waals surface area contributed by atoms with Crippen molar-refractivity contribution in [2.45, 2.75) is 58.0 Å². The van der Waals surface area contributed by atoms with Crippen molar-refractivity contribution in [1.29, 1.82) is 5.41 Å². The number of fused-ring (bicyclic) bond motifs is 1. The number of rotatable bonds is 5. The van der Waals surface area contributed by atoms with Crippen LogP contribution in [0.25, 0.3) is 0 Å². The minimum Gasteiger partial charge on any atom is -0.330 e.